The van der Waals surface area contributed by atoms with Crippen LogP contribution < -0.4 is 5.73 Å². The summed E-state index contributed by atoms with van der Waals surface area (Å²) in [7, 11) is 0. The largest absolute Gasteiger partial charge is 0.366 e. The third-order valence-electron chi connectivity index (χ3n) is 9.17. The Morgan fingerprint density at radius 3 is 1.90 bits per heavy atom. The van der Waals surface area contributed by atoms with Crippen molar-refractivity contribution in [1.29, 1.82) is 0 Å². The zero-order chi connectivity index (χ0) is 28.5. The Morgan fingerprint density at radius 1 is 0.750 bits per heavy atom. The van der Waals surface area contributed by atoms with Crippen molar-refractivity contribution in [2.45, 2.75) is 65.8 Å². The molecule has 0 radical (unpaired) electrons. The van der Waals surface area contributed by atoms with Crippen molar-refractivity contribution in [3.63, 3.8) is 0 Å². The summed E-state index contributed by atoms with van der Waals surface area (Å²) in [6.45, 7) is 8.42. The Labute approximate surface area is 242 Å². The number of benzene rings is 5. The van der Waals surface area contributed by atoms with Gasteiger partial charge in [-0.1, -0.05) is 74.7 Å². The summed E-state index contributed by atoms with van der Waals surface area (Å²) in [5, 5.41) is 7.41. The molecule has 0 aromatic heterocycles. The molecule has 0 spiro atoms. The predicted octanol–water partition coefficient (Wildman–Crippen LogP) is 8.36. The molecule has 1 aliphatic rings. The van der Waals surface area contributed by atoms with Gasteiger partial charge in [0, 0.05) is 38.0 Å². The molecule has 0 atom stereocenters. The summed E-state index contributed by atoms with van der Waals surface area (Å²) in [6, 6.07) is 13.6. The van der Waals surface area contributed by atoms with Crippen LogP contribution in [0.5, 0.6) is 0 Å². The molecule has 5 aromatic rings. The molecule has 204 valence electrons. The van der Waals surface area contributed by atoms with Crippen molar-refractivity contribution in [3.8, 4) is 0 Å². The second-order valence-electron chi connectivity index (χ2n) is 11.1. The lowest BCUT2D eigenvalue weighted by Gasteiger charge is -2.33. The molecule has 0 unspecified atom stereocenters. The molecule has 2 N–H and O–H groups in total. The molecule has 1 heterocycles. The normalized spacial score (nSPS) is 13.8. The van der Waals surface area contributed by atoms with Gasteiger partial charge in [0.15, 0.2) is 0 Å². The number of fused-ring (bicyclic) bond motifs is 2. The number of nitrogens with zero attached hydrogens (tertiary/aromatic N) is 1. The van der Waals surface area contributed by atoms with Crippen LogP contribution in [0.25, 0.3) is 43.1 Å². The number of nitrogens with two attached hydrogens (primary N) is 1. The van der Waals surface area contributed by atoms with Gasteiger partial charge in [0.25, 0.3) is 11.8 Å². The van der Waals surface area contributed by atoms with E-state index in [0.717, 1.165) is 72.4 Å². The van der Waals surface area contributed by atoms with Crippen LogP contribution in [0.2, 0.25) is 0 Å². The number of halogens is 1. The van der Waals surface area contributed by atoms with E-state index in [1.165, 1.54) is 4.90 Å². The Morgan fingerprint density at radius 2 is 1.32 bits per heavy atom. The summed E-state index contributed by atoms with van der Waals surface area (Å²) in [4.78, 5) is 41.7. The summed E-state index contributed by atoms with van der Waals surface area (Å²) in [6.07, 6.45) is 4.37. The molecule has 5 aromatic carbocycles. The molecule has 0 saturated heterocycles. The van der Waals surface area contributed by atoms with Crippen molar-refractivity contribution in [2.24, 2.45) is 11.7 Å². The van der Waals surface area contributed by atoms with Gasteiger partial charge in [-0.25, -0.2) is 0 Å². The fourth-order valence-corrected chi connectivity index (χ4v) is 7.67. The third kappa shape index (κ3) is 3.61. The number of imide groups is 1. The maximum absolute atomic E-state index is 13.8. The van der Waals surface area contributed by atoms with E-state index in [0.29, 0.717) is 35.4 Å². The minimum atomic E-state index is -0.445. The van der Waals surface area contributed by atoms with Gasteiger partial charge in [-0.05, 0) is 87.3 Å². The van der Waals surface area contributed by atoms with E-state index in [4.69, 9.17) is 5.73 Å². The first-order chi connectivity index (χ1) is 19.3. The summed E-state index contributed by atoms with van der Waals surface area (Å²) >= 11 is 3.89. The number of carbonyl (C=O) groups is 3. The van der Waals surface area contributed by atoms with Crippen LogP contribution in [0, 0.1) is 5.92 Å². The van der Waals surface area contributed by atoms with Gasteiger partial charge in [0.05, 0.1) is 0 Å². The quantitative estimate of drug-likeness (QED) is 0.111. The number of primary amides is 1. The van der Waals surface area contributed by atoms with Gasteiger partial charge >= 0.3 is 0 Å². The first kappa shape index (κ1) is 26.7. The molecule has 0 aliphatic carbocycles. The second-order valence-corrected chi connectivity index (χ2v) is 11.9. The molecular formula is C34H33BrN2O3. The van der Waals surface area contributed by atoms with E-state index in [-0.39, 0.29) is 17.9 Å². The monoisotopic (exact) mass is 596 g/mol. The average Bonchev–Trinajstić information content (AvgIpc) is 2.96. The Kier molecular flexibility index (Phi) is 6.57. The Balaban J connectivity index is 1.77. The highest BCUT2D eigenvalue weighted by Crippen LogP contribution is 2.48. The van der Waals surface area contributed by atoms with E-state index in [1.807, 2.05) is 50.2 Å². The predicted molar refractivity (Wildman–Crippen MR) is 167 cm³/mol. The molecular weight excluding hydrogens is 564 g/mol. The van der Waals surface area contributed by atoms with Crippen LogP contribution in [0.4, 0.5) is 0 Å². The van der Waals surface area contributed by atoms with Crippen molar-refractivity contribution in [1.82, 2.24) is 4.90 Å². The second kappa shape index (κ2) is 9.84. The van der Waals surface area contributed by atoms with Crippen molar-refractivity contribution < 1.29 is 14.4 Å². The summed E-state index contributed by atoms with van der Waals surface area (Å²) in [5.41, 5.74) is 8.70. The van der Waals surface area contributed by atoms with Crippen molar-refractivity contribution >= 4 is 76.7 Å². The summed E-state index contributed by atoms with van der Waals surface area (Å²) < 4.78 is 0.933. The number of hydrogen-bond acceptors (Lipinski definition) is 3. The van der Waals surface area contributed by atoms with Gasteiger partial charge in [0.1, 0.15) is 0 Å². The van der Waals surface area contributed by atoms with Gasteiger partial charge in [-0.3, -0.25) is 19.3 Å². The van der Waals surface area contributed by atoms with Gasteiger partial charge in [-0.2, -0.15) is 0 Å². The Bertz CT molecular complexity index is 1840. The molecule has 0 saturated carbocycles. The first-order valence-corrected chi connectivity index (χ1v) is 15.1. The fraction of sp³-hybridized carbons (Fsp3) is 0.324. The lowest BCUT2D eigenvalue weighted by atomic mass is 9.81. The number of amides is 3. The van der Waals surface area contributed by atoms with Crippen molar-refractivity contribution in [2.75, 3.05) is 0 Å². The van der Waals surface area contributed by atoms with E-state index < -0.39 is 5.91 Å². The van der Waals surface area contributed by atoms with E-state index in [1.54, 1.807) is 0 Å². The third-order valence-corrected chi connectivity index (χ3v) is 9.80. The van der Waals surface area contributed by atoms with Gasteiger partial charge in [-0.15, -0.1) is 0 Å². The molecule has 1 aliphatic heterocycles. The molecule has 3 amide bonds. The topological polar surface area (TPSA) is 80.5 Å². The first-order valence-electron chi connectivity index (χ1n) is 14.3. The Hall–Kier alpha value is -3.51. The molecule has 0 bridgehead atoms. The van der Waals surface area contributed by atoms with Crippen LogP contribution in [-0.2, 0) is 6.42 Å². The molecule has 6 heteroatoms. The lowest BCUT2D eigenvalue weighted by Crippen LogP contribution is -2.46. The maximum atomic E-state index is 13.8. The molecule has 6 rings (SSSR count). The van der Waals surface area contributed by atoms with Crippen LogP contribution in [-0.4, -0.2) is 28.7 Å². The molecule has 0 fully saturated rings. The van der Waals surface area contributed by atoms with Gasteiger partial charge in [0.2, 0.25) is 5.91 Å². The highest BCUT2D eigenvalue weighted by molar-refractivity contribution is 9.10. The zero-order valence-corrected chi connectivity index (χ0v) is 24.9. The number of rotatable bonds is 8. The minimum absolute atomic E-state index is 0.139. The molecule has 40 heavy (non-hydrogen) atoms. The lowest BCUT2D eigenvalue weighted by molar-refractivity contribution is 0.0530. The highest BCUT2D eigenvalue weighted by Gasteiger charge is 2.37. The molecule has 5 nitrogen and oxygen atoms in total. The fourth-order valence-electron chi connectivity index (χ4n) is 6.98. The van der Waals surface area contributed by atoms with E-state index in [2.05, 4.69) is 35.8 Å². The highest BCUT2D eigenvalue weighted by atomic mass is 79.9. The summed E-state index contributed by atoms with van der Waals surface area (Å²) in [5.74, 6) is -0.412. The van der Waals surface area contributed by atoms with Crippen molar-refractivity contribution in [3.05, 3.63) is 69.2 Å². The average molecular weight is 598 g/mol. The number of hydrogen-bond donors (Lipinski definition) is 1. The smallest absolute Gasteiger partial charge is 0.261 e. The van der Waals surface area contributed by atoms with Crippen LogP contribution >= 0.6 is 15.9 Å². The van der Waals surface area contributed by atoms with Crippen LogP contribution in [0.3, 0.4) is 0 Å². The van der Waals surface area contributed by atoms with E-state index in [9.17, 15) is 14.4 Å². The maximum Gasteiger partial charge on any atom is 0.261 e. The van der Waals surface area contributed by atoms with Crippen LogP contribution in [0.1, 0.15) is 90.0 Å². The van der Waals surface area contributed by atoms with Crippen LogP contribution in [0.15, 0.2) is 46.9 Å². The van der Waals surface area contributed by atoms with E-state index >= 15 is 0 Å². The zero-order valence-electron chi connectivity index (χ0n) is 23.4. The number of carbonyl (C=O) groups excluding carboxylic acids is 3. The minimum Gasteiger partial charge on any atom is -0.366 e. The standard InChI is InChI=1S/C34H33BrN2O3/c1-5-17(6-2)15-18-16-26(35)30-22-11-14-25-29-24(33(39)37(34(25)40)19(7-3)8-4)13-10-20(28(22)29)21-9-12-23(32(36)38)27(18)31(21)30/h9-14,16-17,19H,5-8,15H2,1-4H3,(H2,36,38). The SMILES string of the molecule is CCC(CC)Cc1cc(Br)c2c3ccc4c5c(ccc(c6ccc(C(N)=O)c1c62)c53)C(=O)N(C(CC)CC)C4=O. The van der Waals surface area contributed by atoms with Gasteiger partial charge < -0.3 is 5.73 Å².